The first-order chi connectivity index (χ1) is 4.34. The van der Waals surface area contributed by atoms with E-state index in [0.29, 0.717) is 0 Å². The summed E-state index contributed by atoms with van der Waals surface area (Å²) in [7, 11) is 0. The van der Waals surface area contributed by atoms with Crippen molar-refractivity contribution in [3.8, 4) is 0 Å². The molecule has 0 aromatic heterocycles. The van der Waals surface area contributed by atoms with Crippen LogP contribution < -0.4 is 0 Å². The molecular formula is C3H2ClF5O. The normalized spacial score (nSPS) is 15.9. The van der Waals surface area contributed by atoms with Crippen LogP contribution in [0.5, 0.6) is 0 Å². The van der Waals surface area contributed by atoms with Crippen molar-refractivity contribution in [2.75, 3.05) is 0 Å². The molecule has 0 radical (unpaired) electrons. The van der Waals surface area contributed by atoms with Crippen LogP contribution in [0.2, 0.25) is 0 Å². The van der Waals surface area contributed by atoms with Crippen molar-refractivity contribution in [2.45, 2.75) is 18.4 Å². The highest BCUT2D eigenvalue weighted by Crippen LogP contribution is 2.26. The third-order valence-corrected chi connectivity index (χ3v) is 0.830. The van der Waals surface area contributed by atoms with Gasteiger partial charge in [0.1, 0.15) is 0 Å². The van der Waals surface area contributed by atoms with Crippen LogP contribution in [-0.4, -0.2) is 18.4 Å². The summed E-state index contributed by atoms with van der Waals surface area (Å²) in [6.07, 6.45) is -4.95. The minimum Gasteiger partial charge on any atom is -0.294 e. The van der Waals surface area contributed by atoms with E-state index in [1.54, 1.807) is 0 Å². The van der Waals surface area contributed by atoms with Gasteiger partial charge in [0.25, 0.3) is 0 Å². The van der Waals surface area contributed by atoms with E-state index in [1.807, 2.05) is 0 Å². The van der Waals surface area contributed by atoms with E-state index in [0.717, 1.165) is 0 Å². The van der Waals surface area contributed by atoms with Crippen molar-refractivity contribution >= 4 is 11.6 Å². The summed E-state index contributed by atoms with van der Waals surface area (Å²) in [6.45, 7) is -3.51. The summed E-state index contributed by atoms with van der Waals surface area (Å²) in [5.74, 6) is 0. The molecule has 0 spiro atoms. The summed E-state index contributed by atoms with van der Waals surface area (Å²) >= 11 is 4.32. The Labute approximate surface area is 57.7 Å². The zero-order valence-corrected chi connectivity index (χ0v) is 5.09. The monoisotopic (exact) mass is 183 g/mol. The molecule has 0 rings (SSSR count). The van der Waals surface area contributed by atoms with E-state index in [1.165, 1.54) is 0 Å². The van der Waals surface area contributed by atoms with Gasteiger partial charge in [0.15, 0.2) is 0 Å². The molecule has 10 heavy (non-hydrogen) atoms. The van der Waals surface area contributed by atoms with E-state index in [9.17, 15) is 22.0 Å². The van der Waals surface area contributed by atoms with Crippen molar-refractivity contribution in [1.29, 1.82) is 0 Å². The lowest BCUT2D eigenvalue weighted by Crippen LogP contribution is -2.27. The molecule has 1 atom stereocenters. The van der Waals surface area contributed by atoms with Crippen molar-refractivity contribution in [2.24, 2.45) is 0 Å². The molecule has 0 fully saturated rings. The summed E-state index contributed by atoms with van der Waals surface area (Å²) in [5, 5.41) is 0. The summed E-state index contributed by atoms with van der Waals surface area (Å²) < 4.78 is 58.6. The molecule has 1 unspecified atom stereocenters. The average Bonchev–Trinajstić information content (AvgIpc) is 1.60. The highest BCUT2D eigenvalue weighted by atomic mass is 35.5. The van der Waals surface area contributed by atoms with Crippen LogP contribution in [0.3, 0.4) is 0 Å². The van der Waals surface area contributed by atoms with Crippen LogP contribution in [0.1, 0.15) is 0 Å². The van der Waals surface area contributed by atoms with Crippen LogP contribution in [0.15, 0.2) is 0 Å². The number of ether oxygens (including phenoxy) is 1. The van der Waals surface area contributed by atoms with Crippen LogP contribution >= 0.6 is 11.6 Å². The summed E-state index contributed by atoms with van der Waals surface area (Å²) in [4.78, 5) is 0. The molecule has 0 aromatic carbocycles. The Bertz CT molecular complexity index is 102. The first-order valence-corrected chi connectivity index (χ1v) is 2.42. The van der Waals surface area contributed by atoms with Crippen LogP contribution in [0.4, 0.5) is 22.0 Å². The van der Waals surface area contributed by atoms with Gasteiger partial charge in [-0.1, -0.05) is 11.6 Å². The molecule has 0 bridgehead atoms. The smallest absolute Gasteiger partial charge is 0.294 e. The van der Waals surface area contributed by atoms with Gasteiger partial charge in [0.05, 0.1) is 0 Å². The standard InChI is InChI=1S/C3H2ClF5O/c4-1(3(7,8)9)10-2(5)6/h1-2H/i7-1. The summed E-state index contributed by atoms with van der Waals surface area (Å²) in [6, 6.07) is 0. The fourth-order valence-corrected chi connectivity index (χ4v) is 0.245. The Morgan fingerprint density at radius 2 is 1.60 bits per heavy atom. The molecule has 0 saturated heterocycles. The second kappa shape index (κ2) is 3.34. The van der Waals surface area contributed by atoms with Crippen molar-refractivity contribution < 1.29 is 26.7 Å². The molecule has 7 heteroatoms. The quantitative estimate of drug-likeness (QED) is 0.472. The van der Waals surface area contributed by atoms with Gasteiger partial charge in [0.2, 0.25) is 5.56 Å². The molecule has 0 heterocycles. The lowest BCUT2D eigenvalue weighted by molar-refractivity contribution is -0.246. The number of rotatable bonds is 2. The van der Waals surface area contributed by atoms with Crippen molar-refractivity contribution in [3.63, 3.8) is 0 Å². The molecule has 0 aromatic rings. The van der Waals surface area contributed by atoms with Gasteiger partial charge in [-0.05, 0) is 0 Å². The molecule has 0 amide bonds. The van der Waals surface area contributed by atoms with Gasteiger partial charge in [-0.15, -0.1) is 0 Å². The molecular weight excluding hydrogens is 181 g/mol. The van der Waals surface area contributed by atoms with Crippen LogP contribution in [-0.2, 0) is 4.74 Å². The Morgan fingerprint density at radius 3 is 1.70 bits per heavy atom. The maximum atomic E-state index is 11.2. The maximum absolute atomic E-state index is 11.2. The first kappa shape index (κ1) is 9.90. The fourth-order valence-electron chi connectivity index (χ4n) is 0.167. The van der Waals surface area contributed by atoms with E-state index in [2.05, 4.69) is 16.3 Å². The van der Waals surface area contributed by atoms with Crippen LogP contribution in [0, 0.1) is 0 Å². The van der Waals surface area contributed by atoms with Crippen molar-refractivity contribution in [3.05, 3.63) is 0 Å². The number of alkyl halides is 6. The molecule has 0 N–H and O–H groups in total. The lowest BCUT2D eigenvalue weighted by Gasteiger charge is -2.12. The number of halogens is 6. The summed E-state index contributed by atoms with van der Waals surface area (Å²) in [5.41, 5.74) is -2.94. The molecule has 0 aliphatic heterocycles. The highest BCUT2D eigenvalue weighted by molar-refractivity contribution is 6.20. The van der Waals surface area contributed by atoms with Crippen molar-refractivity contribution in [1.82, 2.24) is 0 Å². The largest absolute Gasteiger partial charge is 0.428 e. The Morgan fingerprint density at radius 1 is 1.20 bits per heavy atom. The van der Waals surface area contributed by atoms with E-state index < -0.39 is 18.4 Å². The lowest BCUT2D eigenvalue weighted by atomic mass is 10.7. The number of hydrogen-bond donors (Lipinski definition) is 0. The number of hydrogen-bond acceptors (Lipinski definition) is 1. The molecule has 0 aliphatic rings. The Hall–Kier alpha value is -0.100. The van der Waals surface area contributed by atoms with Gasteiger partial charge in [-0.3, -0.25) is 4.74 Å². The SMILES string of the molecule is FC(F)OC(Cl)C(F)(F)[18F]. The minimum atomic E-state index is -4.95. The van der Waals surface area contributed by atoms with Gasteiger partial charge >= 0.3 is 12.8 Å². The van der Waals surface area contributed by atoms with E-state index >= 15 is 0 Å². The third kappa shape index (κ3) is 3.84. The third-order valence-electron chi connectivity index (χ3n) is 0.480. The zero-order chi connectivity index (χ0) is 8.36. The first-order valence-electron chi connectivity index (χ1n) is 1.98. The Kier molecular flexibility index (Phi) is 3.30. The van der Waals surface area contributed by atoms with Gasteiger partial charge in [0, 0.05) is 0 Å². The predicted octanol–water partition coefficient (Wildman–Crippen LogP) is 2.35. The second-order valence-corrected chi connectivity index (χ2v) is 1.65. The molecule has 0 aliphatic carbocycles. The maximum Gasteiger partial charge on any atom is 0.428 e. The second-order valence-electron chi connectivity index (χ2n) is 1.25. The zero-order valence-electron chi connectivity index (χ0n) is 4.33. The molecule has 62 valence electrons. The van der Waals surface area contributed by atoms with E-state index in [-0.39, 0.29) is 0 Å². The minimum absolute atomic E-state index is 2.92. The van der Waals surface area contributed by atoms with Gasteiger partial charge in [-0.25, -0.2) is 0 Å². The predicted molar refractivity (Wildman–Crippen MR) is 22.8 cm³/mol. The topological polar surface area (TPSA) is 9.23 Å². The van der Waals surface area contributed by atoms with Crippen LogP contribution in [0.25, 0.3) is 0 Å². The van der Waals surface area contributed by atoms with Gasteiger partial charge < -0.3 is 0 Å². The Balaban J connectivity index is 3.73. The van der Waals surface area contributed by atoms with E-state index in [4.69, 9.17) is 0 Å². The highest BCUT2D eigenvalue weighted by Gasteiger charge is 2.41. The molecule has 1 nitrogen and oxygen atoms in total. The fraction of sp³-hybridized carbons (Fsp3) is 1.00. The average molecular weight is 183 g/mol. The van der Waals surface area contributed by atoms with Gasteiger partial charge in [-0.2, -0.15) is 22.0 Å². The molecule has 0 saturated carbocycles.